The summed E-state index contributed by atoms with van der Waals surface area (Å²) in [5.41, 5.74) is 3.23. The van der Waals surface area contributed by atoms with Gasteiger partial charge in [0.15, 0.2) is 0 Å². The normalized spacial score (nSPS) is 11.5. The highest BCUT2D eigenvalue weighted by Crippen LogP contribution is 2.22. The highest BCUT2D eigenvalue weighted by molar-refractivity contribution is 6.30. The second-order valence-corrected chi connectivity index (χ2v) is 3.86. The molecule has 16 heavy (non-hydrogen) atoms. The lowest BCUT2D eigenvalue weighted by Crippen LogP contribution is -1.90. The fraction of sp³-hybridized carbons (Fsp3) is 0.0714. The van der Waals surface area contributed by atoms with Crippen molar-refractivity contribution in [1.29, 1.82) is 0 Å². The van der Waals surface area contributed by atoms with Crippen LogP contribution in [0.4, 0.5) is 0 Å². The van der Waals surface area contributed by atoms with Gasteiger partial charge in [-0.2, -0.15) is 0 Å². The van der Waals surface area contributed by atoms with E-state index in [0.717, 1.165) is 21.9 Å². The van der Waals surface area contributed by atoms with E-state index in [-0.39, 0.29) is 0 Å². The number of hydrogen-bond donors (Lipinski definition) is 0. The van der Waals surface area contributed by atoms with Crippen molar-refractivity contribution in [3.05, 3.63) is 71.0 Å². The van der Waals surface area contributed by atoms with Gasteiger partial charge in [-0.05, 0) is 36.8 Å². The minimum absolute atomic E-state index is 0.750. The van der Waals surface area contributed by atoms with Crippen molar-refractivity contribution in [2.45, 2.75) is 6.92 Å². The molecular weight excluding hydrogens is 218 g/mol. The van der Waals surface area contributed by atoms with Gasteiger partial charge in [-0.25, -0.2) is 0 Å². The summed E-state index contributed by atoms with van der Waals surface area (Å²) in [7, 11) is 0. The molecule has 1 nitrogen and oxygen atoms in total. The number of benzene rings is 1. The number of aromatic nitrogens is 1. The smallest absolute Gasteiger partial charge is 0.0704 e. The van der Waals surface area contributed by atoms with Crippen LogP contribution in [0.2, 0.25) is 5.02 Å². The molecule has 0 amide bonds. The van der Waals surface area contributed by atoms with Gasteiger partial charge in [0.25, 0.3) is 0 Å². The molecule has 1 heterocycles. The first-order chi connectivity index (χ1) is 7.81. The summed E-state index contributed by atoms with van der Waals surface area (Å²) in [6.07, 6.45) is 3.86. The maximum absolute atomic E-state index is 5.87. The van der Waals surface area contributed by atoms with Gasteiger partial charge < -0.3 is 0 Å². The number of rotatable bonds is 2. The predicted octanol–water partition coefficient (Wildman–Crippen LogP) is 4.19. The van der Waals surface area contributed by atoms with Crippen LogP contribution in [-0.2, 0) is 0 Å². The zero-order chi connectivity index (χ0) is 11.4. The Morgan fingerprint density at radius 1 is 1.12 bits per heavy atom. The molecule has 0 radical (unpaired) electrons. The molecule has 0 fully saturated rings. The fourth-order valence-electron chi connectivity index (χ4n) is 1.61. The van der Waals surface area contributed by atoms with Crippen LogP contribution >= 0.6 is 11.6 Å². The van der Waals surface area contributed by atoms with Crippen LogP contribution in [-0.4, -0.2) is 4.98 Å². The van der Waals surface area contributed by atoms with Crippen molar-refractivity contribution >= 4 is 17.2 Å². The van der Waals surface area contributed by atoms with E-state index in [2.05, 4.69) is 11.1 Å². The Kier molecular flexibility index (Phi) is 3.37. The van der Waals surface area contributed by atoms with Crippen molar-refractivity contribution in [2.24, 2.45) is 0 Å². The summed E-state index contributed by atoms with van der Waals surface area (Å²) in [6, 6.07) is 13.7. The Labute approximate surface area is 100 Å². The van der Waals surface area contributed by atoms with Gasteiger partial charge in [-0.3, -0.25) is 4.98 Å². The molecule has 0 saturated carbocycles. The molecule has 80 valence electrons. The van der Waals surface area contributed by atoms with E-state index in [4.69, 9.17) is 11.6 Å². The van der Waals surface area contributed by atoms with E-state index in [9.17, 15) is 0 Å². The molecule has 0 saturated heterocycles. The van der Waals surface area contributed by atoms with E-state index in [1.165, 1.54) is 0 Å². The molecule has 0 aliphatic heterocycles. The van der Waals surface area contributed by atoms with Crippen LogP contribution in [0.25, 0.3) is 5.57 Å². The van der Waals surface area contributed by atoms with E-state index in [1.807, 2.05) is 49.4 Å². The molecule has 0 aliphatic carbocycles. The van der Waals surface area contributed by atoms with Crippen molar-refractivity contribution < 1.29 is 0 Å². The zero-order valence-electron chi connectivity index (χ0n) is 9.02. The van der Waals surface area contributed by atoms with Crippen molar-refractivity contribution in [2.75, 3.05) is 0 Å². The van der Waals surface area contributed by atoms with Gasteiger partial charge in [0.05, 0.1) is 5.69 Å². The third kappa shape index (κ3) is 2.31. The third-order valence-corrected chi connectivity index (χ3v) is 2.64. The van der Waals surface area contributed by atoms with Crippen LogP contribution in [0, 0.1) is 0 Å². The number of nitrogens with zero attached hydrogens (tertiary/aromatic N) is 1. The number of allylic oxidation sites excluding steroid dienone is 1. The van der Waals surface area contributed by atoms with Gasteiger partial charge in [0, 0.05) is 16.8 Å². The van der Waals surface area contributed by atoms with E-state index in [1.54, 1.807) is 6.20 Å². The molecule has 1 aromatic carbocycles. The highest BCUT2D eigenvalue weighted by Gasteiger charge is 2.04. The summed E-state index contributed by atoms with van der Waals surface area (Å²) in [6.45, 7) is 2.01. The first kappa shape index (κ1) is 10.9. The SMILES string of the molecule is CC=C(c1ccc(Cl)cc1)c1ccccn1. The second-order valence-electron chi connectivity index (χ2n) is 3.42. The average Bonchev–Trinajstić information content (AvgIpc) is 2.34. The molecule has 0 bridgehead atoms. The molecular formula is C14H12ClN. The van der Waals surface area contributed by atoms with E-state index < -0.39 is 0 Å². The summed E-state index contributed by atoms with van der Waals surface area (Å²) in [4.78, 5) is 4.35. The van der Waals surface area contributed by atoms with E-state index >= 15 is 0 Å². The average molecular weight is 230 g/mol. The zero-order valence-corrected chi connectivity index (χ0v) is 9.78. The van der Waals surface area contributed by atoms with Crippen LogP contribution < -0.4 is 0 Å². The fourth-order valence-corrected chi connectivity index (χ4v) is 1.74. The highest BCUT2D eigenvalue weighted by atomic mass is 35.5. The summed E-state index contributed by atoms with van der Waals surface area (Å²) in [5.74, 6) is 0. The van der Waals surface area contributed by atoms with Gasteiger partial charge in [0.2, 0.25) is 0 Å². The summed E-state index contributed by atoms with van der Waals surface area (Å²) in [5, 5.41) is 0.750. The topological polar surface area (TPSA) is 12.9 Å². The van der Waals surface area contributed by atoms with Gasteiger partial charge >= 0.3 is 0 Å². The van der Waals surface area contributed by atoms with Gasteiger partial charge in [-0.1, -0.05) is 35.9 Å². The van der Waals surface area contributed by atoms with Crippen molar-refractivity contribution in [3.63, 3.8) is 0 Å². The number of pyridine rings is 1. The lowest BCUT2D eigenvalue weighted by Gasteiger charge is -2.06. The standard InChI is InChI=1S/C14H12ClN/c1-2-13(14-5-3-4-10-16-14)11-6-8-12(15)9-7-11/h2-10H,1H3. The maximum Gasteiger partial charge on any atom is 0.0704 e. The molecule has 2 aromatic rings. The largest absolute Gasteiger partial charge is 0.256 e. The van der Waals surface area contributed by atoms with Crippen LogP contribution in [0.1, 0.15) is 18.2 Å². The molecule has 2 heteroatoms. The minimum Gasteiger partial charge on any atom is -0.256 e. The van der Waals surface area contributed by atoms with Gasteiger partial charge in [0.1, 0.15) is 0 Å². The number of hydrogen-bond acceptors (Lipinski definition) is 1. The van der Waals surface area contributed by atoms with Crippen molar-refractivity contribution in [1.82, 2.24) is 4.98 Å². The number of halogens is 1. The first-order valence-electron chi connectivity index (χ1n) is 5.15. The second kappa shape index (κ2) is 4.95. The van der Waals surface area contributed by atoms with Crippen LogP contribution in [0.5, 0.6) is 0 Å². The quantitative estimate of drug-likeness (QED) is 0.753. The molecule has 0 unspecified atom stereocenters. The molecule has 0 aliphatic rings. The molecule has 0 atom stereocenters. The lowest BCUT2D eigenvalue weighted by atomic mass is 10.0. The van der Waals surface area contributed by atoms with Gasteiger partial charge in [-0.15, -0.1) is 0 Å². The Hall–Kier alpha value is -1.60. The Morgan fingerprint density at radius 2 is 1.88 bits per heavy atom. The summed E-state index contributed by atoms with van der Waals surface area (Å²) < 4.78 is 0. The lowest BCUT2D eigenvalue weighted by molar-refractivity contribution is 1.27. The summed E-state index contributed by atoms with van der Waals surface area (Å²) >= 11 is 5.87. The van der Waals surface area contributed by atoms with Crippen LogP contribution in [0.15, 0.2) is 54.7 Å². The minimum atomic E-state index is 0.750. The molecule has 1 aromatic heterocycles. The Morgan fingerprint density at radius 3 is 2.44 bits per heavy atom. The molecule has 2 rings (SSSR count). The van der Waals surface area contributed by atoms with Crippen molar-refractivity contribution in [3.8, 4) is 0 Å². The molecule has 0 N–H and O–H groups in total. The van der Waals surface area contributed by atoms with E-state index in [0.29, 0.717) is 0 Å². The Bertz CT molecular complexity index is 486. The Balaban J connectivity index is 2.42. The predicted molar refractivity (Wildman–Crippen MR) is 68.4 cm³/mol. The molecule has 0 spiro atoms. The first-order valence-corrected chi connectivity index (χ1v) is 5.52. The third-order valence-electron chi connectivity index (χ3n) is 2.38. The van der Waals surface area contributed by atoms with Crippen LogP contribution in [0.3, 0.4) is 0 Å². The monoisotopic (exact) mass is 229 g/mol. The maximum atomic E-state index is 5.87.